The zero-order valence-corrected chi connectivity index (χ0v) is 30.0. The van der Waals surface area contributed by atoms with Crippen LogP contribution in [-0.4, -0.2) is 72.1 Å². The van der Waals surface area contributed by atoms with Crippen molar-refractivity contribution in [2.24, 2.45) is 17.8 Å². The zero-order valence-electron chi connectivity index (χ0n) is 29.2. The number of aryl methyl sites for hydroxylation is 2. The number of fused-ring (bicyclic) bond motifs is 2. The average Bonchev–Trinajstić information content (AvgIpc) is 3.96. The topological polar surface area (TPSA) is 164 Å². The molecule has 3 saturated carbocycles. The molecule has 0 spiro atoms. The SMILES string of the molecule is CCc1cccc(-c2ccc(C)cc2NC(=O)O[C@@H]2C[C@H]3C(=O)N[C@]4(C(=O)NS(=O)(=O)C5(C)CC5)C[C@@H]4/C=C\CCCCN(C)C(=O)[C@@H]3C2)n1. The Hall–Kier alpha value is -4.26. The second-order valence-electron chi connectivity index (χ2n) is 14.6. The minimum Gasteiger partial charge on any atom is -0.446 e. The summed E-state index contributed by atoms with van der Waals surface area (Å²) in [5, 5.41) is 5.74. The van der Waals surface area contributed by atoms with E-state index in [1.54, 1.807) is 18.9 Å². The molecule has 5 atom stereocenters. The second kappa shape index (κ2) is 13.8. The molecular weight excluding hydrogens is 659 g/mol. The summed E-state index contributed by atoms with van der Waals surface area (Å²) in [5.41, 5.74) is 2.36. The zero-order chi connectivity index (χ0) is 35.8. The van der Waals surface area contributed by atoms with Gasteiger partial charge >= 0.3 is 6.09 Å². The fourth-order valence-corrected chi connectivity index (χ4v) is 8.40. The van der Waals surface area contributed by atoms with Crippen molar-refractivity contribution in [2.45, 2.75) is 94.9 Å². The summed E-state index contributed by atoms with van der Waals surface area (Å²) in [5.74, 6) is -3.61. The van der Waals surface area contributed by atoms with Crippen LogP contribution in [0.25, 0.3) is 11.3 Å². The lowest BCUT2D eigenvalue weighted by Crippen LogP contribution is -2.55. The minimum absolute atomic E-state index is 0.0683. The maximum absolute atomic E-state index is 14.1. The van der Waals surface area contributed by atoms with Gasteiger partial charge in [0, 0.05) is 30.8 Å². The summed E-state index contributed by atoms with van der Waals surface area (Å²) in [4.78, 5) is 61.2. The highest BCUT2D eigenvalue weighted by Gasteiger charge is 2.63. The molecule has 1 aliphatic heterocycles. The average molecular weight is 706 g/mol. The van der Waals surface area contributed by atoms with E-state index in [2.05, 4.69) is 15.4 Å². The summed E-state index contributed by atoms with van der Waals surface area (Å²) in [6.45, 7) is 6.05. The molecule has 268 valence electrons. The Morgan fingerprint density at radius 2 is 1.86 bits per heavy atom. The van der Waals surface area contributed by atoms with Crippen molar-refractivity contribution < 1.29 is 32.3 Å². The van der Waals surface area contributed by atoms with Crippen molar-refractivity contribution in [1.29, 1.82) is 0 Å². The number of rotatable bonds is 7. The largest absolute Gasteiger partial charge is 0.446 e. The summed E-state index contributed by atoms with van der Waals surface area (Å²) in [6, 6.07) is 11.4. The molecule has 0 bridgehead atoms. The predicted octanol–water partition coefficient (Wildman–Crippen LogP) is 4.63. The Kier molecular flexibility index (Phi) is 9.82. The molecule has 6 rings (SSSR count). The molecule has 2 heterocycles. The Morgan fingerprint density at radius 3 is 2.60 bits per heavy atom. The summed E-state index contributed by atoms with van der Waals surface area (Å²) >= 11 is 0. The number of aromatic nitrogens is 1. The van der Waals surface area contributed by atoms with Gasteiger partial charge in [-0.25, -0.2) is 13.2 Å². The van der Waals surface area contributed by atoms with Crippen LogP contribution < -0.4 is 15.4 Å². The standard InChI is InChI=1S/C37H47N5O7S/c1-5-25-12-10-13-30(38-25)27-15-14-23(2)19-31(27)39-35(46)49-26-20-28-29(21-26)33(44)42(4)18-9-7-6-8-11-24-22-37(24,40-32(28)43)34(45)41-50(47,48)36(3)16-17-36/h8,10-15,19,24,26,28-29H,5-7,9,16-18,20-22H2,1-4H3,(H,39,46)(H,40,43)(H,41,45)/b11-8-/t24-,26+,28+,29+,37+/m0/s1. The number of allylic oxidation sites excluding steroid dienone is 1. The van der Waals surface area contributed by atoms with Gasteiger partial charge in [0.15, 0.2) is 0 Å². The van der Waals surface area contributed by atoms with E-state index in [-0.39, 0.29) is 31.1 Å². The predicted molar refractivity (Wildman–Crippen MR) is 188 cm³/mol. The van der Waals surface area contributed by atoms with Crippen LogP contribution in [0.5, 0.6) is 0 Å². The fourth-order valence-electron chi connectivity index (χ4n) is 7.09. The van der Waals surface area contributed by atoms with Crippen LogP contribution in [0.2, 0.25) is 0 Å². The number of carbonyl (C=O) groups excluding carboxylic acids is 4. The number of nitrogens with zero attached hydrogens (tertiary/aromatic N) is 2. The first-order valence-corrected chi connectivity index (χ1v) is 19.1. The Morgan fingerprint density at radius 1 is 1.10 bits per heavy atom. The van der Waals surface area contributed by atoms with E-state index < -0.39 is 56.2 Å². The van der Waals surface area contributed by atoms with E-state index in [1.165, 1.54) is 0 Å². The molecule has 0 saturated heterocycles. The molecule has 0 radical (unpaired) electrons. The van der Waals surface area contributed by atoms with Crippen LogP contribution in [0, 0.1) is 24.7 Å². The van der Waals surface area contributed by atoms with Crippen LogP contribution in [0.1, 0.15) is 76.5 Å². The van der Waals surface area contributed by atoms with Crippen molar-refractivity contribution in [3.63, 3.8) is 0 Å². The third-order valence-corrected chi connectivity index (χ3v) is 12.9. The van der Waals surface area contributed by atoms with Crippen molar-refractivity contribution >= 4 is 39.5 Å². The first-order chi connectivity index (χ1) is 23.7. The molecule has 3 fully saturated rings. The first kappa shape index (κ1) is 35.6. The number of carbonyl (C=O) groups is 4. The minimum atomic E-state index is -3.94. The number of sulfonamides is 1. The van der Waals surface area contributed by atoms with Gasteiger partial charge in [0.2, 0.25) is 21.8 Å². The number of hydrogen-bond donors (Lipinski definition) is 3. The van der Waals surface area contributed by atoms with Crippen LogP contribution >= 0.6 is 0 Å². The third-order valence-electron chi connectivity index (χ3n) is 10.8. The summed E-state index contributed by atoms with van der Waals surface area (Å²) in [6.07, 6.45) is 6.77. The lowest BCUT2D eigenvalue weighted by molar-refractivity contribution is -0.140. The van der Waals surface area contributed by atoms with Gasteiger partial charge in [-0.3, -0.25) is 29.4 Å². The van der Waals surface area contributed by atoms with Gasteiger partial charge in [0.05, 0.1) is 28.0 Å². The van der Waals surface area contributed by atoms with Gasteiger partial charge < -0.3 is 15.0 Å². The smallest absolute Gasteiger partial charge is 0.411 e. The molecule has 12 nitrogen and oxygen atoms in total. The van der Waals surface area contributed by atoms with E-state index in [0.717, 1.165) is 42.5 Å². The quantitative estimate of drug-likeness (QED) is 0.351. The number of anilines is 1. The van der Waals surface area contributed by atoms with Crippen molar-refractivity contribution in [2.75, 3.05) is 18.9 Å². The van der Waals surface area contributed by atoms with E-state index in [4.69, 9.17) is 9.72 Å². The van der Waals surface area contributed by atoms with Gasteiger partial charge in [-0.05, 0) is 95.4 Å². The summed E-state index contributed by atoms with van der Waals surface area (Å²) in [7, 11) is -2.23. The molecule has 4 aliphatic rings. The maximum atomic E-state index is 14.1. The van der Waals surface area contributed by atoms with Crippen LogP contribution in [-0.2, 0) is 35.6 Å². The highest BCUT2D eigenvalue weighted by Crippen LogP contribution is 2.48. The van der Waals surface area contributed by atoms with Crippen molar-refractivity contribution in [3.05, 3.63) is 59.8 Å². The molecule has 3 N–H and O–H groups in total. The van der Waals surface area contributed by atoms with Gasteiger partial charge in [0.1, 0.15) is 11.6 Å². The molecule has 3 aliphatic carbocycles. The number of amides is 4. The molecule has 2 aromatic rings. The maximum Gasteiger partial charge on any atom is 0.411 e. The Balaban J connectivity index is 1.21. The number of hydrogen-bond acceptors (Lipinski definition) is 8. The Bertz CT molecular complexity index is 1820. The van der Waals surface area contributed by atoms with E-state index in [9.17, 15) is 27.6 Å². The van der Waals surface area contributed by atoms with Gasteiger partial charge in [-0.15, -0.1) is 0 Å². The lowest BCUT2D eigenvalue weighted by Gasteiger charge is -2.27. The monoisotopic (exact) mass is 705 g/mol. The highest BCUT2D eigenvalue weighted by molar-refractivity contribution is 7.91. The van der Waals surface area contributed by atoms with Gasteiger partial charge in [-0.1, -0.05) is 37.3 Å². The fraction of sp³-hybridized carbons (Fsp3) is 0.541. The molecule has 1 aromatic heterocycles. The Labute approximate surface area is 293 Å². The molecule has 13 heteroatoms. The number of benzene rings is 1. The van der Waals surface area contributed by atoms with Crippen LogP contribution in [0.4, 0.5) is 10.5 Å². The highest BCUT2D eigenvalue weighted by atomic mass is 32.2. The van der Waals surface area contributed by atoms with Crippen LogP contribution in [0.15, 0.2) is 48.6 Å². The van der Waals surface area contributed by atoms with Gasteiger partial charge in [0.25, 0.3) is 5.91 Å². The van der Waals surface area contributed by atoms with Crippen LogP contribution in [0.3, 0.4) is 0 Å². The number of ether oxygens (including phenoxy) is 1. The molecule has 0 unspecified atom stereocenters. The van der Waals surface area contributed by atoms with E-state index >= 15 is 0 Å². The number of nitrogens with one attached hydrogen (secondary N) is 3. The van der Waals surface area contributed by atoms with Gasteiger partial charge in [-0.2, -0.15) is 0 Å². The molecular formula is C37H47N5O7S. The second-order valence-corrected chi connectivity index (χ2v) is 16.8. The van der Waals surface area contributed by atoms with E-state index in [0.29, 0.717) is 30.8 Å². The molecule has 4 amide bonds. The first-order valence-electron chi connectivity index (χ1n) is 17.6. The molecule has 50 heavy (non-hydrogen) atoms. The third kappa shape index (κ3) is 7.28. The lowest BCUT2D eigenvalue weighted by atomic mass is 9.93. The number of pyridine rings is 1. The van der Waals surface area contributed by atoms with E-state index in [1.807, 2.05) is 62.4 Å². The van der Waals surface area contributed by atoms with Crippen molar-refractivity contribution in [3.8, 4) is 11.3 Å². The van der Waals surface area contributed by atoms with Crippen molar-refractivity contribution in [1.82, 2.24) is 19.9 Å². The summed E-state index contributed by atoms with van der Waals surface area (Å²) < 4.78 is 33.1. The molecule has 1 aromatic carbocycles. The normalized spacial score (nSPS) is 28.3.